The number of rotatable bonds is 5. The number of aliphatic hydroxyl groups is 1. The maximum absolute atomic E-state index is 13.4. The molecule has 0 atom stereocenters. The lowest BCUT2D eigenvalue weighted by molar-refractivity contribution is -0.138. The lowest BCUT2D eigenvalue weighted by Gasteiger charge is -2.41. The molecule has 2 aromatic carbocycles. The number of hydrogen-bond acceptors (Lipinski definition) is 3. The quantitative estimate of drug-likeness (QED) is 0.633. The number of para-hydroxylation sites is 1. The van der Waals surface area contributed by atoms with Crippen molar-refractivity contribution >= 4 is 10.9 Å². The predicted molar refractivity (Wildman–Crippen MR) is 111 cm³/mol. The molecule has 0 saturated carbocycles. The van der Waals surface area contributed by atoms with E-state index in [1.165, 1.54) is 17.7 Å². The molecule has 3 nitrogen and oxygen atoms in total. The molecule has 0 aliphatic carbocycles. The SMILES string of the molecule is OCC1(Cc2ccccc2C(F)(F)F)CCN(Cc2ccnc3ccccc23)CC1. The lowest BCUT2D eigenvalue weighted by atomic mass is 9.73. The zero-order valence-electron chi connectivity index (χ0n) is 16.7. The molecule has 1 aliphatic rings. The molecule has 1 aromatic heterocycles. The molecule has 2 heterocycles. The molecule has 4 rings (SSSR count). The summed E-state index contributed by atoms with van der Waals surface area (Å²) in [5, 5.41) is 11.2. The van der Waals surface area contributed by atoms with Crippen molar-refractivity contribution in [2.75, 3.05) is 19.7 Å². The highest BCUT2D eigenvalue weighted by molar-refractivity contribution is 5.81. The minimum atomic E-state index is -4.38. The summed E-state index contributed by atoms with van der Waals surface area (Å²) in [7, 11) is 0. The number of aromatic nitrogens is 1. The smallest absolute Gasteiger partial charge is 0.396 e. The Morgan fingerprint density at radius 3 is 2.37 bits per heavy atom. The van der Waals surface area contributed by atoms with Gasteiger partial charge in [-0.3, -0.25) is 9.88 Å². The van der Waals surface area contributed by atoms with Crippen molar-refractivity contribution < 1.29 is 18.3 Å². The molecule has 1 aliphatic heterocycles. The van der Waals surface area contributed by atoms with Crippen LogP contribution in [0, 0.1) is 5.41 Å². The summed E-state index contributed by atoms with van der Waals surface area (Å²) in [6.07, 6.45) is -0.993. The number of fused-ring (bicyclic) bond motifs is 1. The normalized spacial score (nSPS) is 17.3. The van der Waals surface area contributed by atoms with Gasteiger partial charge in [-0.1, -0.05) is 36.4 Å². The Morgan fingerprint density at radius 1 is 0.933 bits per heavy atom. The number of hydrogen-bond donors (Lipinski definition) is 1. The Balaban J connectivity index is 1.47. The van der Waals surface area contributed by atoms with E-state index in [9.17, 15) is 18.3 Å². The summed E-state index contributed by atoms with van der Waals surface area (Å²) in [5.41, 5.74) is 1.31. The summed E-state index contributed by atoms with van der Waals surface area (Å²) in [4.78, 5) is 6.71. The van der Waals surface area contributed by atoms with Gasteiger partial charge in [0.1, 0.15) is 0 Å². The van der Waals surface area contributed by atoms with Crippen molar-refractivity contribution in [1.29, 1.82) is 0 Å². The van der Waals surface area contributed by atoms with Gasteiger partial charge in [0.25, 0.3) is 0 Å². The molecule has 1 saturated heterocycles. The Bertz CT molecular complexity index is 1010. The topological polar surface area (TPSA) is 36.4 Å². The molecule has 1 fully saturated rings. The number of pyridine rings is 1. The van der Waals surface area contributed by atoms with E-state index in [4.69, 9.17) is 0 Å². The summed E-state index contributed by atoms with van der Waals surface area (Å²) < 4.78 is 40.2. The molecule has 6 heteroatoms. The van der Waals surface area contributed by atoms with Crippen LogP contribution in [0.4, 0.5) is 13.2 Å². The molecular weight excluding hydrogens is 389 g/mol. The van der Waals surface area contributed by atoms with E-state index in [0.717, 1.165) is 36.6 Å². The largest absolute Gasteiger partial charge is 0.416 e. The van der Waals surface area contributed by atoms with Crippen molar-refractivity contribution in [2.24, 2.45) is 5.41 Å². The van der Waals surface area contributed by atoms with Gasteiger partial charge in [0.15, 0.2) is 0 Å². The van der Waals surface area contributed by atoms with E-state index in [-0.39, 0.29) is 18.6 Å². The number of benzene rings is 2. The van der Waals surface area contributed by atoms with Gasteiger partial charge in [0, 0.05) is 24.7 Å². The van der Waals surface area contributed by atoms with E-state index in [1.807, 2.05) is 30.5 Å². The van der Waals surface area contributed by atoms with Crippen molar-refractivity contribution in [3.63, 3.8) is 0 Å². The van der Waals surface area contributed by atoms with Gasteiger partial charge in [0.2, 0.25) is 0 Å². The summed E-state index contributed by atoms with van der Waals surface area (Å²) >= 11 is 0. The van der Waals surface area contributed by atoms with Gasteiger partial charge in [-0.05, 0) is 67.1 Å². The van der Waals surface area contributed by atoms with Gasteiger partial charge in [-0.15, -0.1) is 0 Å². The Morgan fingerprint density at radius 2 is 1.63 bits per heavy atom. The van der Waals surface area contributed by atoms with E-state index >= 15 is 0 Å². The van der Waals surface area contributed by atoms with Gasteiger partial charge in [-0.25, -0.2) is 0 Å². The Labute approximate surface area is 174 Å². The predicted octanol–water partition coefficient (Wildman–Crippen LogP) is 5.07. The average molecular weight is 414 g/mol. The molecule has 0 amide bonds. The molecular formula is C24H25F3N2O. The third kappa shape index (κ3) is 4.35. The second-order valence-electron chi connectivity index (χ2n) is 8.25. The van der Waals surface area contributed by atoms with E-state index < -0.39 is 17.2 Å². The average Bonchev–Trinajstić information content (AvgIpc) is 2.75. The fourth-order valence-corrected chi connectivity index (χ4v) is 4.47. The van der Waals surface area contributed by atoms with Crippen LogP contribution in [-0.2, 0) is 19.1 Å². The second kappa shape index (κ2) is 8.36. The summed E-state index contributed by atoms with van der Waals surface area (Å²) in [6, 6.07) is 15.8. The van der Waals surface area contributed by atoms with Gasteiger partial charge in [0.05, 0.1) is 11.1 Å². The van der Waals surface area contributed by atoms with Crippen molar-refractivity contribution in [1.82, 2.24) is 9.88 Å². The van der Waals surface area contributed by atoms with Gasteiger partial charge >= 0.3 is 6.18 Å². The van der Waals surface area contributed by atoms with E-state index in [0.29, 0.717) is 12.8 Å². The van der Waals surface area contributed by atoms with Crippen LogP contribution in [0.15, 0.2) is 60.8 Å². The van der Waals surface area contributed by atoms with Crippen LogP contribution in [0.5, 0.6) is 0 Å². The number of aliphatic hydroxyl groups excluding tert-OH is 1. The zero-order valence-corrected chi connectivity index (χ0v) is 16.7. The minimum Gasteiger partial charge on any atom is -0.396 e. The fraction of sp³-hybridized carbons (Fsp3) is 0.375. The molecule has 30 heavy (non-hydrogen) atoms. The van der Waals surface area contributed by atoms with Crippen LogP contribution in [0.3, 0.4) is 0 Å². The maximum Gasteiger partial charge on any atom is 0.416 e. The summed E-state index contributed by atoms with van der Waals surface area (Å²) in [5.74, 6) is 0. The first kappa shape index (κ1) is 20.8. The van der Waals surface area contributed by atoms with Crippen LogP contribution in [0.25, 0.3) is 10.9 Å². The number of piperidine rings is 1. The van der Waals surface area contributed by atoms with Crippen molar-refractivity contribution in [3.05, 3.63) is 77.5 Å². The Hall–Kier alpha value is -2.44. The first-order valence-electron chi connectivity index (χ1n) is 10.2. The number of likely N-dealkylation sites (tertiary alicyclic amines) is 1. The maximum atomic E-state index is 13.4. The highest BCUT2D eigenvalue weighted by Gasteiger charge is 2.38. The lowest BCUT2D eigenvalue weighted by Crippen LogP contribution is -2.43. The third-order valence-corrected chi connectivity index (χ3v) is 6.27. The number of alkyl halides is 3. The standard InChI is InChI=1S/C24H25F3N2O/c25-24(26,27)21-7-3-1-5-18(21)15-23(17-30)10-13-29(14-11-23)16-19-9-12-28-22-8-4-2-6-20(19)22/h1-9,12,30H,10-11,13-17H2. The zero-order chi connectivity index (χ0) is 21.2. The molecule has 0 bridgehead atoms. The monoisotopic (exact) mass is 414 g/mol. The van der Waals surface area contributed by atoms with E-state index in [1.54, 1.807) is 6.07 Å². The molecule has 158 valence electrons. The van der Waals surface area contributed by atoms with Crippen LogP contribution in [-0.4, -0.2) is 34.7 Å². The second-order valence-corrected chi connectivity index (χ2v) is 8.25. The first-order valence-corrected chi connectivity index (χ1v) is 10.2. The minimum absolute atomic E-state index is 0.106. The molecule has 0 radical (unpaired) electrons. The highest BCUT2D eigenvalue weighted by atomic mass is 19.4. The van der Waals surface area contributed by atoms with Crippen molar-refractivity contribution in [2.45, 2.75) is 32.0 Å². The van der Waals surface area contributed by atoms with Crippen LogP contribution < -0.4 is 0 Å². The fourth-order valence-electron chi connectivity index (χ4n) is 4.47. The molecule has 0 unspecified atom stereocenters. The van der Waals surface area contributed by atoms with Crippen LogP contribution in [0.2, 0.25) is 0 Å². The highest BCUT2D eigenvalue weighted by Crippen LogP contribution is 2.39. The van der Waals surface area contributed by atoms with Crippen LogP contribution >= 0.6 is 0 Å². The molecule has 3 aromatic rings. The van der Waals surface area contributed by atoms with E-state index in [2.05, 4.69) is 16.0 Å². The molecule has 1 N–H and O–H groups in total. The van der Waals surface area contributed by atoms with Gasteiger partial charge in [-0.2, -0.15) is 13.2 Å². The molecule has 0 spiro atoms. The third-order valence-electron chi connectivity index (χ3n) is 6.27. The number of halogens is 3. The first-order chi connectivity index (χ1) is 14.4. The van der Waals surface area contributed by atoms with Crippen molar-refractivity contribution in [3.8, 4) is 0 Å². The number of nitrogens with zero attached hydrogens (tertiary/aromatic N) is 2. The summed E-state index contributed by atoms with van der Waals surface area (Å²) in [6.45, 7) is 2.14. The Kier molecular flexibility index (Phi) is 5.80. The van der Waals surface area contributed by atoms with Crippen LogP contribution in [0.1, 0.15) is 29.5 Å². The van der Waals surface area contributed by atoms with Gasteiger partial charge < -0.3 is 5.11 Å².